The Balaban J connectivity index is 1.54. The second kappa shape index (κ2) is 9.71. The molecule has 164 valence electrons. The summed E-state index contributed by atoms with van der Waals surface area (Å²) < 4.78 is 45.4. The molecule has 2 aromatic rings. The van der Waals surface area contributed by atoms with Gasteiger partial charge >= 0.3 is 6.09 Å². The lowest BCUT2D eigenvalue weighted by Crippen LogP contribution is -2.50. The van der Waals surface area contributed by atoms with E-state index in [4.69, 9.17) is 4.74 Å². The van der Waals surface area contributed by atoms with Crippen molar-refractivity contribution >= 4 is 27.7 Å². The first kappa shape index (κ1) is 22.4. The molecule has 3 rings (SSSR count). The first-order valence-corrected chi connectivity index (χ1v) is 10.9. The SMILES string of the molecule is C=CC(=O)Nc1ccc(S(=O)(=O)N2CCN(C(=O)OCc3cccc(F)c3)CC2)cc1. The van der Waals surface area contributed by atoms with Crippen molar-refractivity contribution in [1.82, 2.24) is 9.21 Å². The van der Waals surface area contributed by atoms with Crippen molar-refractivity contribution in [3.8, 4) is 0 Å². The molecule has 0 aromatic heterocycles. The summed E-state index contributed by atoms with van der Waals surface area (Å²) in [5.41, 5.74) is 0.983. The second-order valence-corrected chi connectivity index (χ2v) is 8.73. The van der Waals surface area contributed by atoms with Crippen LogP contribution < -0.4 is 5.32 Å². The zero-order chi connectivity index (χ0) is 22.4. The first-order valence-electron chi connectivity index (χ1n) is 9.49. The van der Waals surface area contributed by atoms with Crippen LogP contribution in [0.25, 0.3) is 0 Å². The number of amides is 2. The van der Waals surface area contributed by atoms with Crippen LogP contribution in [0.5, 0.6) is 0 Å². The Hall–Kier alpha value is -3.24. The summed E-state index contributed by atoms with van der Waals surface area (Å²) in [6, 6.07) is 11.6. The molecule has 2 amide bonds. The first-order chi connectivity index (χ1) is 14.8. The molecule has 1 fully saturated rings. The third kappa shape index (κ3) is 5.68. The average molecular weight is 447 g/mol. The van der Waals surface area contributed by atoms with Crippen molar-refractivity contribution in [2.75, 3.05) is 31.5 Å². The predicted molar refractivity (Wildman–Crippen MR) is 112 cm³/mol. The van der Waals surface area contributed by atoms with Gasteiger partial charge in [0.1, 0.15) is 12.4 Å². The number of anilines is 1. The lowest BCUT2D eigenvalue weighted by molar-refractivity contribution is -0.111. The summed E-state index contributed by atoms with van der Waals surface area (Å²) in [4.78, 5) is 25.1. The Bertz CT molecular complexity index is 1060. The van der Waals surface area contributed by atoms with Crippen LogP contribution in [0.4, 0.5) is 14.9 Å². The highest BCUT2D eigenvalue weighted by molar-refractivity contribution is 7.89. The summed E-state index contributed by atoms with van der Waals surface area (Å²) in [6.07, 6.45) is 0.538. The average Bonchev–Trinajstić information content (AvgIpc) is 2.78. The third-order valence-corrected chi connectivity index (χ3v) is 6.61. The maximum Gasteiger partial charge on any atom is 0.410 e. The number of benzene rings is 2. The van der Waals surface area contributed by atoms with Gasteiger partial charge in [0.25, 0.3) is 0 Å². The summed E-state index contributed by atoms with van der Waals surface area (Å²) >= 11 is 0. The Morgan fingerprint density at radius 3 is 2.39 bits per heavy atom. The molecule has 8 nitrogen and oxygen atoms in total. The van der Waals surface area contributed by atoms with Gasteiger partial charge in [-0.15, -0.1) is 0 Å². The van der Waals surface area contributed by atoms with Gasteiger partial charge in [-0.3, -0.25) is 4.79 Å². The number of nitrogens with zero attached hydrogens (tertiary/aromatic N) is 2. The number of hydrogen-bond acceptors (Lipinski definition) is 5. The largest absolute Gasteiger partial charge is 0.445 e. The van der Waals surface area contributed by atoms with Crippen LogP contribution in [0.2, 0.25) is 0 Å². The fourth-order valence-corrected chi connectivity index (χ4v) is 4.45. The summed E-state index contributed by atoms with van der Waals surface area (Å²) in [5.74, 6) is -0.806. The molecule has 1 N–H and O–H groups in total. The molecule has 1 saturated heterocycles. The molecule has 0 spiro atoms. The van der Waals surface area contributed by atoms with Crippen LogP contribution in [0.1, 0.15) is 5.56 Å². The molecule has 31 heavy (non-hydrogen) atoms. The number of halogens is 1. The number of carbonyl (C=O) groups excluding carboxylic acids is 2. The lowest BCUT2D eigenvalue weighted by Gasteiger charge is -2.33. The van der Waals surface area contributed by atoms with Gasteiger partial charge in [-0.2, -0.15) is 4.31 Å². The molecule has 2 aromatic carbocycles. The van der Waals surface area contributed by atoms with Crippen LogP contribution >= 0.6 is 0 Å². The summed E-state index contributed by atoms with van der Waals surface area (Å²) in [7, 11) is -3.74. The predicted octanol–water partition coefficient (Wildman–Crippen LogP) is 2.59. The number of ether oxygens (including phenoxy) is 1. The standard InChI is InChI=1S/C21H22FN3O5S/c1-2-20(26)23-18-6-8-19(9-7-18)31(28,29)25-12-10-24(11-13-25)21(27)30-15-16-4-3-5-17(22)14-16/h2-9,14H,1,10-13,15H2,(H,23,26). The van der Waals surface area contributed by atoms with E-state index < -0.39 is 27.8 Å². The Morgan fingerprint density at radius 2 is 1.77 bits per heavy atom. The van der Waals surface area contributed by atoms with Crippen LogP contribution in [0, 0.1) is 5.82 Å². The zero-order valence-corrected chi connectivity index (χ0v) is 17.5. The molecule has 10 heteroatoms. The van der Waals surface area contributed by atoms with E-state index in [2.05, 4.69) is 11.9 Å². The van der Waals surface area contributed by atoms with Gasteiger partial charge in [0.2, 0.25) is 15.9 Å². The molecular formula is C21H22FN3O5S. The van der Waals surface area contributed by atoms with Gasteiger partial charge in [0, 0.05) is 31.9 Å². The Morgan fingerprint density at radius 1 is 1.10 bits per heavy atom. The number of nitrogens with one attached hydrogen (secondary N) is 1. The molecule has 0 aliphatic carbocycles. The molecule has 0 atom stereocenters. The van der Waals surface area contributed by atoms with E-state index >= 15 is 0 Å². The number of hydrogen-bond donors (Lipinski definition) is 1. The molecule has 0 unspecified atom stereocenters. The van der Waals surface area contributed by atoms with E-state index in [-0.39, 0.29) is 37.7 Å². The maximum atomic E-state index is 13.2. The van der Waals surface area contributed by atoms with Crippen LogP contribution in [-0.4, -0.2) is 55.8 Å². The quantitative estimate of drug-likeness (QED) is 0.687. The van der Waals surface area contributed by atoms with Gasteiger partial charge in [-0.1, -0.05) is 18.7 Å². The molecule has 0 radical (unpaired) electrons. The third-order valence-electron chi connectivity index (χ3n) is 4.69. The van der Waals surface area contributed by atoms with Crippen LogP contribution in [0.3, 0.4) is 0 Å². The molecular weight excluding hydrogens is 425 g/mol. The highest BCUT2D eigenvalue weighted by Crippen LogP contribution is 2.20. The van der Waals surface area contributed by atoms with E-state index in [1.807, 2.05) is 0 Å². The van der Waals surface area contributed by atoms with E-state index in [1.165, 1.54) is 51.7 Å². The number of rotatable bonds is 6. The lowest BCUT2D eigenvalue weighted by atomic mass is 10.2. The highest BCUT2D eigenvalue weighted by Gasteiger charge is 2.30. The monoisotopic (exact) mass is 447 g/mol. The van der Waals surface area contributed by atoms with Crippen LogP contribution in [-0.2, 0) is 26.2 Å². The van der Waals surface area contributed by atoms with E-state index in [1.54, 1.807) is 6.07 Å². The van der Waals surface area contributed by atoms with Crippen molar-refractivity contribution in [2.45, 2.75) is 11.5 Å². The number of sulfonamides is 1. The summed E-state index contributed by atoms with van der Waals surface area (Å²) in [5, 5.41) is 2.55. The van der Waals surface area contributed by atoms with Crippen molar-refractivity contribution < 1.29 is 27.1 Å². The molecule has 0 saturated carbocycles. The minimum absolute atomic E-state index is 0.0656. The van der Waals surface area contributed by atoms with Crippen molar-refractivity contribution in [2.24, 2.45) is 0 Å². The van der Waals surface area contributed by atoms with Crippen molar-refractivity contribution in [1.29, 1.82) is 0 Å². The molecule has 0 bridgehead atoms. The molecule has 1 aliphatic rings. The van der Waals surface area contributed by atoms with Gasteiger partial charge in [0.15, 0.2) is 0 Å². The van der Waals surface area contributed by atoms with Crippen molar-refractivity contribution in [3.05, 3.63) is 72.6 Å². The minimum atomic E-state index is -3.74. The second-order valence-electron chi connectivity index (χ2n) is 6.79. The smallest absolute Gasteiger partial charge is 0.410 e. The minimum Gasteiger partial charge on any atom is -0.445 e. The fraction of sp³-hybridized carbons (Fsp3) is 0.238. The maximum absolute atomic E-state index is 13.2. The Labute approximate surface area is 180 Å². The molecule has 1 aliphatic heterocycles. The molecule has 1 heterocycles. The number of piperazine rings is 1. The van der Waals surface area contributed by atoms with Gasteiger partial charge in [-0.25, -0.2) is 17.6 Å². The number of carbonyl (C=O) groups is 2. The van der Waals surface area contributed by atoms with E-state index in [9.17, 15) is 22.4 Å². The van der Waals surface area contributed by atoms with E-state index in [0.29, 0.717) is 11.3 Å². The van der Waals surface area contributed by atoms with E-state index in [0.717, 1.165) is 6.08 Å². The normalized spacial score (nSPS) is 14.7. The van der Waals surface area contributed by atoms with Crippen LogP contribution in [0.15, 0.2) is 66.1 Å². The van der Waals surface area contributed by atoms with Crippen molar-refractivity contribution in [3.63, 3.8) is 0 Å². The van der Waals surface area contributed by atoms with Gasteiger partial charge in [-0.05, 0) is 48.0 Å². The zero-order valence-electron chi connectivity index (χ0n) is 16.7. The Kier molecular flexibility index (Phi) is 7.03. The highest BCUT2D eigenvalue weighted by atomic mass is 32.2. The van der Waals surface area contributed by atoms with Gasteiger partial charge < -0.3 is 15.0 Å². The van der Waals surface area contributed by atoms with Gasteiger partial charge in [0.05, 0.1) is 4.90 Å². The summed E-state index contributed by atoms with van der Waals surface area (Å²) in [6.45, 7) is 3.88. The topological polar surface area (TPSA) is 96.0 Å². The fourth-order valence-electron chi connectivity index (χ4n) is 3.03.